The summed E-state index contributed by atoms with van der Waals surface area (Å²) < 4.78 is 38.9. The molecule has 0 unspecified atom stereocenters. The van der Waals surface area contributed by atoms with Gasteiger partial charge >= 0.3 is 113 Å². The normalized spacial score (nSPS) is 10.9. The number of hydrogen-bond acceptors (Lipinski definition) is 4. The van der Waals surface area contributed by atoms with E-state index in [0.717, 1.165) is 13.2 Å². The summed E-state index contributed by atoms with van der Waals surface area (Å²) in [5, 5.41) is 0. The van der Waals surface area contributed by atoms with Crippen LogP contribution in [0.5, 0.6) is 0 Å². The molecule has 0 amide bonds. The van der Waals surface area contributed by atoms with Crippen LogP contribution in [-0.4, -0.2) is 58.7 Å². The van der Waals surface area contributed by atoms with E-state index in [0.29, 0.717) is 0 Å². The van der Waals surface area contributed by atoms with Crippen LogP contribution in [0, 0.1) is 0 Å². The van der Waals surface area contributed by atoms with Gasteiger partial charge in [-0.1, -0.05) is 129 Å². The molecule has 0 aliphatic carbocycles. The van der Waals surface area contributed by atoms with Gasteiger partial charge < -0.3 is 10.9 Å². The second-order valence-corrected chi connectivity index (χ2v) is 14.5. The molecule has 0 aromatic carbocycles. The zero-order valence-corrected chi connectivity index (χ0v) is 33.4. The van der Waals surface area contributed by atoms with Crippen molar-refractivity contribution in [3.05, 3.63) is 0 Å². The Balaban J connectivity index is -0.000000351. The molecule has 5 N–H and O–H groups in total. The molecule has 0 atom stereocenters. The number of ether oxygens (including phenoxy) is 1. The van der Waals surface area contributed by atoms with Crippen molar-refractivity contribution in [3.8, 4) is 0 Å². The van der Waals surface area contributed by atoms with E-state index in [4.69, 9.17) is 22.3 Å². The molecule has 0 spiro atoms. The van der Waals surface area contributed by atoms with E-state index in [1.165, 1.54) is 224 Å². The predicted octanol–water partition coefficient (Wildman–Crippen LogP) is 12.8. The van der Waals surface area contributed by atoms with E-state index in [1.54, 1.807) is 0 Å². The van der Waals surface area contributed by atoms with Crippen molar-refractivity contribution in [2.75, 3.05) is 13.2 Å². The van der Waals surface area contributed by atoms with Crippen LogP contribution in [0.2, 0.25) is 3.67 Å². The third kappa shape index (κ3) is 69.5. The van der Waals surface area contributed by atoms with E-state index in [9.17, 15) is 0 Å². The quantitative estimate of drug-likeness (QED) is 0.0375. The molecule has 0 aliphatic rings. The van der Waals surface area contributed by atoms with Crippen molar-refractivity contribution in [3.63, 3.8) is 0 Å². The van der Waals surface area contributed by atoms with Crippen molar-refractivity contribution < 1.29 is 22.3 Å². The fraction of sp³-hybridized carbons (Fsp3) is 1.00. The van der Waals surface area contributed by atoms with Crippen molar-refractivity contribution >= 4 is 38.3 Å². The van der Waals surface area contributed by atoms with Gasteiger partial charge in [0.25, 0.3) is 0 Å². The van der Waals surface area contributed by atoms with Crippen LogP contribution in [-0.2, 0) is 15.1 Å². The molecule has 0 fully saturated rings. The topological polar surface area (TPSA) is 119 Å². The summed E-state index contributed by atoms with van der Waals surface area (Å²) >= 11 is 1.41. The SMILES string of the molecule is CCCCCCCCCCCCOCCCCCCCCCCCC.CCCCCCCCCCC[CH2][Na].N.O=S(=O)(O)O. The summed E-state index contributed by atoms with van der Waals surface area (Å²) in [4.78, 5) is 0. The first-order valence-electron chi connectivity index (χ1n) is 19.1. The van der Waals surface area contributed by atoms with Crippen LogP contribution < -0.4 is 6.15 Å². The van der Waals surface area contributed by atoms with Crippen LogP contribution in [0.25, 0.3) is 0 Å². The summed E-state index contributed by atoms with van der Waals surface area (Å²) in [6.45, 7) is 8.85. The third-order valence-electron chi connectivity index (χ3n) is 7.99. The zero-order chi connectivity index (χ0) is 32.5. The Bertz CT molecular complexity index is 527. The van der Waals surface area contributed by atoms with Gasteiger partial charge in [0.2, 0.25) is 0 Å². The summed E-state index contributed by atoms with van der Waals surface area (Å²) in [5.41, 5.74) is 0. The number of unbranched alkanes of at least 4 members (excludes halogenated alkanes) is 27. The molecule has 266 valence electrons. The summed E-state index contributed by atoms with van der Waals surface area (Å²) in [5.74, 6) is 0. The average Bonchev–Trinajstić information content (AvgIpc) is 2.97. The molecule has 0 aromatic rings. The minimum absolute atomic E-state index is 0. The van der Waals surface area contributed by atoms with Crippen LogP contribution >= 0.6 is 0 Å². The Morgan fingerprint density at radius 2 is 0.591 bits per heavy atom. The van der Waals surface area contributed by atoms with E-state index >= 15 is 0 Å². The molecule has 0 aliphatic heterocycles. The Labute approximate surface area is 295 Å². The summed E-state index contributed by atoms with van der Waals surface area (Å²) in [7, 11) is -4.67. The van der Waals surface area contributed by atoms with E-state index in [-0.39, 0.29) is 6.15 Å². The number of hydrogen-bond donors (Lipinski definition) is 3. The fourth-order valence-electron chi connectivity index (χ4n) is 5.22. The van der Waals surface area contributed by atoms with Gasteiger partial charge in [0.15, 0.2) is 0 Å². The predicted molar refractivity (Wildman–Crippen MR) is 196 cm³/mol. The Morgan fingerprint density at radius 3 is 0.795 bits per heavy atom. The van der Waals surface area contributed by atoms with Crippen LogP contribution in [0.4, 0.5) is 0 Å². The molecule has 0 radical (unpaired) electrons. The summed E-state index contributed by atoms with van der Waals surface area (Å²) in [6.07, 6.45) is 42.9. The molecule has 0 rings (SSSR count). The molecule has 44 heavy (non-hydrogen) atoms. The van der Waals surface area contributed by atoms with Gasteiger partial charge in [-0.05, 0) is 12.8 Å². The van der Waals surface area contributed by atoms with E-state index in [1.807, 2.05) is 0 Å². The first-order valence-corrected chi connectivity index (χ1v) is 21.9. The third-order valence-corrected chi connectivity index (χ3v) is 8.70. The fourth-order valence-corrected chi connectivity index (χ4v) is 5.72. The van der Waals surface area contributed by atoms with Crippen LogP contribution in [0.15, 0.2) is 0 Å². The second kappa shape index (κ2) is 48.2. The van der Waals surface area contributed by atoms with Gasteiger partial charge in [0.1, 0.15) is 0 Å². The van der Waals surface area contributed by atoms with Gasteiger partial charge in [0.05, 0.1) is 0 Å². The van der Waals surface area contributed by atoms with Gasteiger partial charge in [0, 0.05) is 13.2 Å². The monoisotopic (exact) mass is 662 g/mol. The maximum atomic E-state index is 8.74. The Hall–Kier alpha value is 0.790. The van der Waals surface area contributed by atoms with Crippen LogP contribution in [0.1, 0.15) is 213 Å². The molecular formula is C36H80NNaO5S. The second-order valence-electron chi connectivity index (χ2n) is 12.6. The molecule has 0 aromatic heterocycles. The Kier molecular flexibility index (Phi) is 56.5. The molecule has 0 saturated carbocycles. The van der Waals surface area contributed by atoms with Crippen molar-refractivity contribution in [2.45, 2.75) is 217 Å². The molecule has 0 saturated heterocycles. The minimum Gasteiger partial charge on any atom is -0.344 e. The maximum Gasteiger partial charge on any atom is 0.394 e. The van der Waals surface area contributed by atoms with Gasteiger partial charge in [-0.15, -0.1) is 0 Å². The van der Waals surface area contributed by atoms with E-state index in [2.05, 4.69) is 20.8 Å². The molecule has 6 nitrogen and oxygen atoms in total. The maximum absolute atomic E-state index is 8.74. The van der Waals surface area contributed by atoms with Gasteiger partial charge in [-0.2, -0.15) is 8.42 Å². The first kappa shape index (κ1) is 51.6. The van der Waals surface area contributed by atoms with Crippen molar-refractivity contribution in [2.24, 2.45) is 0 Å². The largest absolute Gasteiger partial charge is 0.394 e. The average molecular weight is 662 g/mol. The standard InChI is InChI=1S/C24H50O.C12H25.H3N.Na.H2O4S/c1-3-5-7-9-11-13-15-17-19-21-23-25-24-22-20-18-16-14-12-10-8-6-4-2;1-3-5-7-9-11-12-10-8-6-4-2;;;1-5(2,3)4/h3-24H2,1-2H3;1,3-12H2,2H3;1H3;;(H2,1,2,3,4). The van der Waals surface area contributed by atoms with Crippen molar-refractivity contribution in [1.29, 1.82) is 0 Å². The zero-order valence-electron chi connectivity index (χ0n) is 30.6. The summed E-state index contributed by atoms with van der Waals surface area (Å²) in [6, 6.07) is 0. The first-order chi connectivity index (χ1) is 20.8. The smallest absolute Gasteiger partial charge is 0.344 e. The number of rotatable bonds is 32. The van der Waals surface area contributed by atoms with Gasteiger partial charge in [-0.25, -0.2) is 0 Å². The minimum atomic E-state index is -4.67. The molecule has 0 bridgehead atoms. The van der Waals surface area contributed by atoms with Gasteiger partial charge in [-0.3, -0.25) is 9.11 Å². The molecule has 8 heteroatoms. The Morgan fingerprint density at radius 1 is 0.409 bits per heavy atom. The molecule has 0 heterocycles. The molecular weight excluding hydrogens is 581 g/mol. The van der Waals surface area contributed by atoms with E-state index < -0.39 is 10.4 Å². The van der Waals surface area contributed by atoms with Crippen LogP contribution in [0.3, 0.4) is 0 Å². The van der Waals surface area contributed by atoms with Crippen molar-refractivity contribution in [1.82, 2.24) is 6.15 Å².